The largest absolute Gasteiger partial charge is 0.280 e. The minimum atomic E-state index is -3.59. The second kappa shape index (κ2) is 8.04. The molecule has 0 radical (unpaired) electrons. The number of imide groups is 1. The van der Waals surface area contributed by atoms with Gasteiger partial charge < -0.3 is 0 Å². The summed E-state index contributed by atoms with van der Waals surface area (Å²) in [6.07, 6.45) is 7.60. The van der Waals surface area contributed by atoms with Gasteiger partial charge in [-0.3, -0.25) is 19.5 Å². The number of nitrogens with one attached hydrogen (secondary N) is 1. The molecule has 0 unspecified atom stereocenters. The van der Waals surface area contributed by atoms with E-state index in [0.717, 1.165) is 43.4 Å². The van der Waals surface area contributed by atoms with E-state index in [1.165, 1.54) is 18.3 Å². The van der Waals surface area contributed by atoms with Crippen LogP contribution >= 0.6 is 0 Å². The SMILES string of the molecule is O=C1c2cccnc2C(=O)N1Cc1ccc(S(=O)(=O)NC2CCCCCC2)cc1. The number of aromatic nitrogens is 1. The molecular weight excluding hydrogens is 390 g/mol. The zero-order valence-corrected chi connectivity index (χ0v) is 16.8. The normalized spacial score (nSPS) is 18.0. The highest BCUT2D eigenvalue weighted by Crippen LogP contribution is 2.24. The third-order valence-corrected chi connectivity index (χ3v) is 7.02. The summed E-state index contributed by atoms with van der Waals surface area (Å²) in [5.41, 5.74) is 1.13. The molecule has 2 aliphatic rings. The number of pyridine rings is 1. The van der Waals surface area contributed by atoms with E-state index >= 15 is 0 Å². The summed E-state index contributed by atoms with van der Waals surface area (Å²) < 4.78 is 28.2. The number of nitrogens with zero attached hydrogens (tertiary/aromatic N) is 2. The van der Waals surface area contributed by atoms with Gasteiger partial charge in [-0.15, -0.1) is 0 Å². The molecule has 1 fully saturated rings. The van der Waals surface area contributed by atoms with Gasteiger partial charge in [0, 0.05) is 12.2 Å². The van der Waals surface area contributed by atoms with Crippen LogP contribution in [0.25, 0.3) is 0 Å². The van der Waals surface area contributed by atoms with Crippen LogP contribution < -0.4 is 4.72 Å². The van der Waals surface area contributed by atoms with Crippen molar-refractivity contribution in [1.29, 1.82) is 0 Å². The first-order chi connectivity index (χ1) is 14.0. The summed E-state index contributed by atoms with van der Waals surface area (Å²) in [6, 6.07) is 9.49. The Balaban J connectivity index is 1.46. The lowest BCUT2D eigenvalue weighted by Crippen LogP contribution is -2.34. The second-order valence-corrected chi connectivity index (χ2v) is 9.26. The fourth-order valence-electron chi connectivity index (χ4n) is 3.90. The number of carbonyl (C=O) groups excluding carboxylic acids is 2. The van der Waals surface area contributed by atoms with Gasteiger partial charge in [-0.05, 0) is 42.7 Å². The van der Waals surface area contributed by atoms with Gasteiger partial charge in [0.25, 0.3) is 11.8 Å². The monoisotopic (exact) mass is 413 g/mol. The third kappa shape index (κ3) is 4.09. The second-order valence-electron chi connectivity index (χ2n) is 7.55. The first-order valence-corrected chi connectivity index (χ1v) is 11.4. The predicted molar refractivity (Wildman–Crippen MR) is 107 cm³/mol. The Morgan fingerprint density at radius 2 is 1.66 bits per heavy atom. The topological polar surface area (TPSA) is 96.4 Å². The lowest BCUT2D eigenvalue weighted by molar-refractivity contribution is 0.0640. The molecule has 4 rings (SSSR count). The summed E-state index contributed by atoms with van der Waals surface area (Å²) in [5, 5.41) is 0. The highest BCUT2D eigenvalue weighted by Gasteiger charge is 2.36. The summed E-state index contributed by atoms with van der Waals surface area (Å²) in [6.45, 7) is 0.0738. The fourth-order valence-corrected chi connectivity index (χ4v) is 5.20. The van der Waals surface area contributed by atoms with Crippen LogP contribution in [0, 0.1) is 0 Å². The molecule has 1 aliphatic heterocycles. The van der Waals surface area contributed by atoms with E-state index in [-0.39, 0.29) is 29.1 Å². The van der Waals surface area contributed by atoms with Crippen LogP contribution in [0.5, 0.6) is 0 Å². The molecule has 7 nitrogen and oxygen atoms in total. The van der Waals surface area contributed by atoms with Crippen LogP contribution in [0.1, 0.15) is 64.9 Å². The number of fused-ring (bicyclic) bond motifs is 1. The molecule has 1 aliphatic carbocycles. The van der Waals surface area contributed by atoms with Gasteiger partial charge in [-0.1, -0.05) is 37.8 Å². The number of amides is 2. The molecule has 0 spiro atoms. The number of benzene rings is 1. The number of sulfonamides is 1. The third-order valence-electron chi connectivity index (χ3n) is 5.48. The lowest BCUT2D eigenvalue weighted by Gasteiger charge is -2.17. The van der Waals surface area contributed by atoms with Crippen molar-refractivity contribution < 1.29 is 18.0 Å². The predicted octanol–water partition coefficient (Wildman–Crippen LogP) is 2.88. The van der Waals surface area contributed by atoms with E-state index in [0.29, 0.717) is 11.1 Å². The van der Waals surface area contributed by atoms with Gasteiger partial charge in [0.1, 0.15) is 5.69 Å². The van der Waals surface area contributed by atoms with Crippen molar-refractivity contribution in [1.82, 2.24) is 14.6 Å². The maximum absolute atomic E-state index is 12.7. The molecule has 0 saturated heterocycles. The molecule has 152 valence electrons. The Bertz CT molecular complexity index is 991. The highest BCUT2D eigenvalue weighted by atomic mass is 32.2. The minimum absolute atomic E-state index is 0.0203. The minimum Gasteiger partial charge on any atom is -0.268 e. The van der Waals surface area contributed by atoms with Crippen molar-refractivity contribution in [3.05, 3.63) is 59.4 Å². The summed E-state index contributed by atoms with van der Waals surface area (Å²) in [4.78, 5) is 30.2. The molecule has 0 bridgehead atoms. The van der Waals surface area contributed by atoms with Gasteiger partial charge in [-0.2, -0.15) is 0 Å². The van der Waals surface area contributed by atoms with Gasteiger partial charge >= 0.3 is 0 Å². The number of hydrogen-bond acceptors (Lipinski definition) is 5. The molecular formula is C21H23N3O4S. The molecule has 0 atom stereocenters. The first-order valence-electron chi connectivity index (χ1n) is 9.88. The Hall–Kier alpha value is -2.58. The van der Waals surface area contributed by atoms with Crippen LogP contribution in [0.4, 0.5) is 0 Å². The van der Waals surface area contributed by atoms with E-state index in [1.807, 2.05) is 0 Å². The first kappa shape index (κ1) is 19.7. The van der Waals surface area contributed by atoms with E-state index in [1.54, 1.807) is 24.3 Å². The van der Waals surface area contributed by atoms with Crippen LogP contribution in [-0.4, -0.2) is 36.2 Å². The molecule has 1 N–H and O–H groups in total. The average molecular weight is 413 g/mol. The Morgan fingerprint density at radius 3 is 2.31 bits per heavy atom. The Kier molecular flexibility index (Phi) is 5.47. The number of carbonyl (C=O) groups is 2. The van der Waals surface area contributed by atoms with E-state index < -0.39 is 15.9 Å². The smallest absolute Gasteiger partial charge is 0.268 e. The fraction of sp³-hybridized carbons (Fsp3) is 0.381. The quantitative estimate of drug-likeness (QED) is 0.601. The zero-order chi connectivity index (χ0) is 20.4. The Labute approximate surface area is 170 Å². The van der Waals surface area contributed by atoms with Crippen molar-refractivity contribution in [2.24, 2.45) is 0 Å². The molecule has 1 aromatic carbocycles. The highest BCUT2D eigenvalue weighted by molar-refractivity contribution is 7.89. The molecule has 2 aromatic rings. The van der Waals surface area contributed by atoms with Gasteiger partial charge in [0.05, 0.1) is 17.0 Å². The van der Waals surface area contributed by atoms with Crippen LogP contribution in [0.2, 0.25) is 0 Å². The van der Waals surface area contributed by atoms with Crippen LogP contribution in [0.15, 0.2) is 47.5 Å². The average Bonchev–Trinajstić information content (AvgIpc) is 2.88. The van der Waals surface area contributed by atoms with Crippen molar-refractivity contribution in [3.63, 3.8) is 0 Å². The van der Waals surface area contributed by atoms with Crippen molar-refractivity contribution in [3.8, 4) is 0 Å². The maximum Gasteiger partial charge on any atom is 0.280 e. The van der Waals surface area contributed by atoms with Crippen LogP contribution in [0.3, 0.4) is 0 Å². The van der Waals surface area contributed by atoms with E-state index in [2.05, 4.69) is 9.71 Å². The lowest BCUT2D eigenvalue weighted by atomic mass is 10.1. The van der Waals surface area contributed by atoms with E-state index in [4.69, 9.17) is 0 Å². The van der Waals surface area contributed by atoms with Gasteiger partial charge in [0.2, 0.25) is 10.0 Å². The van der Waals surface area contributed by atoms with Crippen LogP contribution in [-0.2, 0) is 16.6 Å². The molecule has 2 heterocycles. The Morgan fingerprint density at radius 1 is 0.966 bits per heavy atom. The maximum atomic E-state index is 12.7. The molecule has 1 aromatic heterocycles. The van der Waals surface area contributed by atoms with Crippen molar-refractivity contribution >= 4 is 21.8 Å². The van der Waals surface area contributed by atoms with Crippen molar-refractivity contribution in [2.45, 2.75) is 56.0 Å². The summed E-state index contributed by atoms with van der Waals surface area (Å²) >= 11 is 0. The molecule has 8 heteroatoms. The summed E-state index contributed by atoms with van der Waals surface area (Å²) in [7, 11) is -3.59. The van der Waals surface area contributed by atoms with E-state index in [9.17, 15) is 18.0 Å². The van der Waals surface area contributed by atoms with Gasteiger partial charge in [0.15, 0.2) is 0 Å². The zero-order valence-electron chi connectivity index (χ0n) is 16.0. The number of hydrogen-bond donors (Lipinski definition) is 1. The standard InChI is InChI=1S/C21H23N3O4S/c25-20-18-8-5-13-22-19(18)21(26)24(20)14-15-9-11-17(12-10-15)29(27,28)23-16-6-3-1-2-4-7-16/h5,8-13,16,23H,1-4,6-7,14H2. The van der Waals surface area contributed by atoms with Gasteiger partial charge in [-0.25, -0.2) is 13.1 Å². The molecule has 1 saturated carbocycles. The van der Waals surface area contributed by atoms with Crippen molar-refractivity contribution in [2.75, 3.05) is 0 Å². The molecule has 2 amide bonds. The summed E-state index contributed by atoms with van der Waals surface area (Å²) in [5.74, 6) is -0.817. The number of rotatable bonds is 5. The molecule has 29 heavy (non-hydrogen) atoms.